The van der Waals surface area contributed by atoms with Crippen molar-refractivity contribution in [1.82, 2.24) is 0 Å². The summed E-state index contributed by atoms with van der Waals surface area (Å²) in [6, 6.07) is 12.0. The van der Waals surface area contributed by atoms with Gasteiger partial charge in [0.25, 0.3) is 0 Å². The highest BCUT2D eigenvalue weighted by Gasteiger charge is 2.04. The lowest BCUT2D eigenvalue weighted by atomic mass is 10.1. The first-order valence-electron chi connectivity index (χ1n) is 5.84. The minimum Gasteiger partial charge on any atom is -0.457 e. The molecule has 0 aliphatic carbocycles. The van der Waals surface area contributed by atoms with Gasteiger partial charge in [0, 0.05) is 11.0 Å². The Morgan fingerprint density at radius 3 is 2.50 bits per heavy atom. The third-order valence-corrected chi connectivity index (χ3v) is 3.41. The van der Waals surface area contributed by atoms with Gasteiger partial charge in [0.1, 0.15) is 11.5 Å². The zero-order chi connectivity index (χ0) is 13.1. The van der Waals surface area contributed by atoms with Crippen LogP contribution in [-0.4, -0.2) is 0 Å². The van der Waals surface area contributed by atoms with Crippen LogP contribution >= 0.6 is 15.9 Å². The van der Waals surface area contributed by atoms with Gasteiger partial charge in [-0.1, -0.05) is 28.1 Å². The second-order valence-electron chi connectivity index (χ2n) is 4.30. The molecule has 2 rings (SSSR count). The van der Waals surface area contributed by atoms with Crippen molar-refractivity contribution >= 4 is 15.9 Å². The molecule has 94 valence electrons. The fourth-order valence-electron chi connectivity index (χ4n) is 1.77. The summed E-state index contributed by atoms with van der Waals surface area (Å²) in [6.45, 7) is 4.63. The van der Waals surface area contributed by atoms with Crippen molar-refractivity contribution in [3.8, 4) is 11.5 Å². The summed E-state index contributed by atoms with van der Waals surface area (Å²) < 4.78 is 6.91. The molecule has 0 aromatic heterocycles. The predicted octanol–water partition coefficient (Wildman–Crippen LogP) is 4.32. The summed E-state index contributed by atoms with van der Waals surface area (Å²) in [7, 11) is 0. The van der Waals surface area contributed by atoms with Gasteiger partial charge >= 0.3 is 0 Å². The van der Waals surface area contributed by atoms with Gasteiger partial charge in [-0.25, -0.2) is 0 Å². The summed E-state index contributed by atoms with van der Waals surface area (Å²) in [5, 5.41) is 0. The molecule has 2 N–H and O–H groups in total. The Labute approximate surface area is 116 Å². The topological polar surface area (TPSA) is 35.2 Å². The minimum absolute atomic E-state index is 0.558. The van der Waals surface area contributed by atoms with E-state index < -0.39 is 0 Å². The van der Waals surface area contributed by atoms with Crippen molar-refractivity contribution in [3.05, 3.63) is 57.6 Å². The van der Waals surface area contributed by atoms with E-state index in [0.29, 0.717) is 6.54 Å². The van der Waals surface area contributed by atoms with Crippen LogP contribution in [0, 0.1) is 13.8 Å². The van der Waals surface area contributed by atoms with Crippen LogP contribution in [0.1, 0.15) is 16.7 Å². The Hall–Kier alpha value is -1.32. The molecule has 0 fully saturated rings. The highest BCUT2D eigenvalue weighted by Crippen LogP contribution is 2.29. The van der Waals surface area contributed by atoms with Crippen molar-refractivity contribution in [2.24, 2.45) is 5.73 Å². The van der Waals surface area contributed by atoms with Crippen molar-refractivity contribution < 1.29 is 4.74 Å². The molecule has 0 aliphatic heterocycles. The van der Waals surface area contributed by atoms with Crippen LogP contribution in [-0.2, 0) is 6.54 Å². The third kappa shape index (κ3) is 2.92. The van der Waals surface area contributed by atoms with Crippen molar-refractivity contribution in [2.75, 3.05) is 0 Å². The Bertz CT molecular complexity index is 566. The van der Waals surface area contributed by atoms with Crippen LogP contribution in [0.4, 0.5) is 0 Å². The number of benzene rings is 2. The molecule has 0 saturated carbocycles. The molecule has 0 atom stereocenters. The van der Waals surface area contributed by atoms with Crippen molar-refractivity contribution in [3.63, 3.8) is 0 Å². The molecule has 0 heterocycles. The molecule has 0 radical (unpaired) electrons. The van der Waals surface area contributed by atoms with Gasteiger partial charge in [0.05, 0.1) is 0 Å². The molecule has 3 heteroatoms. The van der Waals surface area contributed by atoms with Gasteiger partial charge in [-0.2, -0.15) is 0 Å². The summed E-state index contributed by atoms with van der Waals surface area (Å²) in [4.78, 5) is 0. The van der Waals surface area contributed by atoms with Gasteiger partial charge in [0.2, 0.25) is 0 Å². The maximum absolute atomic E-state index is 5.90. The van der Waals surface area contributed by atoms with E-state index in [0.717, 1.165) is 32.7 Å². The molecule has 0 saturated heterocycles. The van der Waals surface area contributed by atoms with E-state index in [-0.39, 0.29) is 0 Å². The fraction of sp³-hybridized carbons (Fsp3) is 0.200. The average molecular weight is 306 g/mol. The van der Waals surface area contributed by atoms with Crippen LogP contribution in [0.15, 0.2) is 40.9 Å². The molecule has 2 aromatic carbocycles. The van der Waals surface area contributed by atoms with Crippen LogP contribution in [0.3, 0.4) is 0 Å². The van der Waals surface area contributed by atoms with E-state index >= 15 is 0 Å². The van der Waals surface area contributed by atoms with E-state index in [2.05, 4.69) is 15.9 Å². The Morgan fingerprint density at radius 2 is 1.83 bits per heavy atom. The van der Waals surface area contributed by atoms with E-state index in [1.54, 1.807) is 0 Å². The molecule has 2 nitrogen and oxygen atoms in total. The van der Waals surface area contributed by atoms with Crippen LogP contribution < -0.4 is 10.5 Å². The highest BCUT2D eigenvalue weighted by molar-refractivity contribution is 9.10. The van der Waals surface area contributed by atoms with Crippen LogP contribution in [0.25, 0.3) is 0 Å². The highest BCUT2D eigenvalue weighted by atomic mass is 79.9. The Kier molecular flexibility index (Phi) is 4.04. The van der Waals surface area contributed by atoms with E-state index in [1.165, 1.54) is 0 Å². The third-order valence-electron chi connectivity index (χ3n) is 2.91. The van der Waals surface area contributed by atoms with Gasteiger partial charge in [0.15, 0.2) is 0 Å². The molecule has 0 bridgehead atoms. The number of halogens is 1. The van der Waals surface area contributed by atoms with Crippen molar-refractivity contribution in [2.45, 2.75) is 20.4 Å². The van der Waals surface area contributed by atoms with Gasteiger partial charge in [-0.3, -0.25) is 0 Å². The standard InChI is InChI=1S/C15H16BrNO/c1-10-3-5-13(16)8-15(10)18-14-6-4-12(9-17)11(2)7-14/h3-8H,9,17H2,1-2H3. The number of aryl methyl sites for hydroxylation is 2. The summed E-state index contributed by atoms with van der Waals surface area (Å²) in [5.41, 5.74) is 9.06. The molecular formula is C15H16BrNO. The van der Waals surface area contributed by atoms with E-state index in [9.17, 15) is 0 Å². The fourth-order valence-corrected chi connectivity index (χ4v) is 2.11. The van der Waals surface area contributed by atoms with Gasteiger partial charge in [-0.15, -0.1) is 0 Å². The molecule has 0 amide bonds. The lowest BCUT2D eigenvalue weighted by molar-refractivity contribution is 0.478. The predicted molar refractivity (Wildman–Crippen MR) is 78.0 cm³/mol. The Balaban J connectivity index is 2.28. The summed E-state index contributed by atoms with van der Waals surface area (Å²) in [5.74, 6) is 1.70. The second kappa shape index (κ2) is 5.55. The number of nitrogens with two attached hydrogens (primary N) is 1. The Morgan fingerprint density at radius 1 is 1.06 bits per heavy atom. The number of rotatable bonds is 3. The minimum atomic E-state index is 0.558. The lowest BCUT2D eigenvalue weighted by Crippen LogP contribution is -1.99. The molecule has 18 heavy (non-hydrogen) atoms. The lowest BCUT2D eigenvalue weighted by Gasteiger charge is -2.11. The zero-order valence-electron chi connectivity index (χ0n) is 10.5. The average Bonchev–Trinajstić information content (AvgIpc) is 2.34. The smallest absolute Gasteiger partial charge is 0.131 e. The van der Waals surface area contributed by atoms with Gasteiger partial charge < -0.3 is 10.5 Å². The van der Waals surface area contributed by atoms with E-state index in [4.69, 9.17) is 10.5 Å². The second-order valence-corrected chi connectivity index (χ2v) is 5.22. The van der Waals surface area contributed by atoms with Crippen LogP contribution in [0.2, 0.25) is 0 Å². The molecule has 0 aliphatic rings. The zero-order valence-corrected chi connectivity index (χ0v) is 12.1. The number of hydrogen-bond acceptors (Lipinski definition) is 2. The summed E-state index contributed by atoms with van der Waals surface area (Å²) >= 11 is 3.45. The maximum Gasteiger partial charge on any atom is 0.131 e. The molecular weight excluding hydrogens is 290 g/mol. The van der Waals surface area contributed by atoms with Gasteiger partial charge in [-0.05, 0) is 54.8 Å². The normalized spacial score (nSPS) is 10.4. The maximum atomic E-state index is 5.90. The summed E-state index contributed by atoms with van der Waals surface area (Å²) in [6.07, 6.45) is 0. The first-order chi connectivity index (χ1) is 8.60. The van der Waals surface area contributed by atoms with Crippen LogP contribution in [0.5, 0.6) is 11.5 Å². The quantitative estimate of drug-likeness (QED) is 0.916. The molecule has 2 aromatic rings. The first kappa shape index (κ1) is 13.1. The number of hydrogen-bond donors (Lipinski definition) is 1. The SMILES string of the molecule is Cc1cc(Oc2cc(Br)ccc2C)ccc1CN. The monoisotopic (exact) mass is 305 g/mol. The van der Waals surface area contributed by atoms with Crippen molar-refractivity contribution in [1.29, 1.82) is 0 Å². The largest absolute Gasteiger partial charge is 0.457 e. The first-order valence-corrected chi connectivity index (χ1v) is 6.63. The molecule has 0 unspecified atom stereocenters. The molecule has 0 spiro atoms. The number of ether oxygens (including phenoxy) is 1. The van der Waals surface area contributed by atoms with E-state index in [1.807, 2.05) is 50.2 Å².